The lowest BCUT2D eigenvalue weighted by Crippen LogP contribution is -2.24. The van der Waals surface area contributed by atoms with Gasteiger partial charge in [0.15, 0.2) is 5.78 Å². The fourth-order valence-electron chi connectivity index (χ4n) is 3.27. The zero-order valence-corrected chi connectivity index (χ0v) is 16.7. The van der Waals surface area contributed by atoms with Crippen molar-refractivity contribution < 1.29 is 28.6 Å². The number of nitrogens with zero attached hydrogens (tertiary/aromatic N) is 1. The number of amides is 1. The third kappa shape index (κ3) is 4.03. The number of nitrogens with one attached hydrogen (secondary N) is 1. The van der Waals surface area contributed by atoms with E-state index in [0.29, 0.717) is 28.8 Å². The molecule has 3 rings (SSSR count). The Hall–Kier alpha value is -3.68. The van der Waals surface area contributed by atoms with Gasteiger partial charge in [0.05, 0.1) is 19.8 Å². The predicted molar refractivity (Wildman–Crippen MR) is 109 cm³/mol. The second-order valence-corrected chi connectivity index (χ2v) is 6.53. The third-order valence-electron chi connectivity index (χ3n) is 4.66. The summed E-state index contributed by atoms with van der Waals surface area (Å²) in [6, 6.07) is 8.62. The summed E-state index contributed by atoms with van der Waals surface area (Å²) in [5.74, 6) is -0.954. The van der Waals surface area contributed by atoms with E-state index >= 15 is 4.39 Å². The SMILES string of the molecule is CCOc1nccc2c(C(=O)c3c(F)cc([C@@H](C)NC(=O)O)cc3OC)cccc12. The van der Waals surface area contributed by atoms with Gasteiger partial charge in [-0.1, -0.05) is 12.1 Å². The van der Waals surface area contributed by atoms with Crippen LogP contribution in [-0.4, -0.2) is 35.7 Å². The van der Waals surface area contributed by atoms with Crippen LogP contribution in [0.25, 0.3) is 10.8 Å². The molecule has 0 fully saturated rings. The molecule has 0 unspecified atom stereocenters. The van der Waals surface area contributed by atoms with E-state index in [2.05, 4.69) is 10.3 Å². The molecule has 2 N–H and O–H groups in total. The first-order valence-corrected chi connectivity index (χ1v) is 9.29. The quantitative estimate of drug-likeness (QED) is 0.560. The van der Waals surface area contributed by atoms with E-state index in [9.17, 15) is 9.59 Å². The molecule has 1 amide bonds. The van der Waals surface area contributed by atoms with E-state index in [-0.39, 0.29) is 16.9 Å². The smallest absolute Gasteiger partial charge is 0.405 e. The van der Waals surface area contributed by atoms with E-state index < -0.39 is 23.7 Å². The summed E-state index contributed by atoms with van der Waals surface area (Å²) in [5.41, 5.74) is 0.382. The molecule has 0 bridgehead atoms. The monoisotopic (exact) mass is 412 g/mol. The second-order valence-electron chi connectivity index (χ2n) is 6.53. The third-order valence-corrected chi connectivity index (χ3v) is 4.66. The number of aromatic nitrogens is 1. The minimum atomic E-state index is -1.24. The molecule has 2 aromatic carbocycles. The van der Waals surface area contributed by atoms with Gasteiger partial charge >= 0.3 is 6.09 Å². The van der Waals surface area contributed by atoms with Crippen molar-refractivity contribution in [3.63, 3.8) is 0 Å². The Labute approximate surface area is 172 Å². The van der Waals surface area contributed by atoms with Gasteiger partial charge in [-0.15, -0.1) is 0 Å². The number of carbonyl (C=O) groups excluding carboxylic acids is 1. The lowest BCUT2D eigenvalue weighted by molar-refractivity contribution is 0.103. The van der Waals surface area contributed by atoms with Crippen molar-refractivity contribution in [2.24, 2.45) is 0 Å². The van der Waals surface area contributed by atoms with Crippen LogP contribution in [0.2, 0.25) is 0 Å². The molecule has 0 aliphatic carbocycles. The average Bonchev–Trinajstić information content (AvgIpc) is 2.72. The van der Waals surface area contributed by atoms with Crippen molar-refractivity contribution in [1.82, 2.24) is 10.3 Å². The summed E-state index contributed by atoms with van der Waals surface area (Å²) in [7, 11) is 1.32. The molecule has 0 aliphatic heterocycles. The Balaban J connectivity index is 2.11. The lowest BCUT2D eigenvalue weighted by Gasteiger charge is -2.16. The Morgan fingerprint density at radius 3 is 2.67 bits per heavy atom. The summed E-state index contributed by atoms with van der Waals surface area (Å²) in [5, 5.41) is 12.4. The number of carbonyl (C=O) groups is 2. The number of fused-ring (bicyclic) bond motifs is 1. The first-order valence-electron chi connectivity index (χ1n) is 9.29. The maximum absolute atomic E-state index is 15.0. The molecule has 0 saturated carbocycles. The molecule has 8 heteroatoms. The molecule has 0 radical (unpaired) electrons. The van der Waals surface area contributed by atoms with Gasteiger partial charge in [0.2, 0.25) is 5.88 Å². The Morgan fingerprint density at radius 1 is 1.23 bits per heavy atom. The summed E-state index contributed by atoms with van der Waals surface area (Å²) in [6.07, 6.45) is 0.288. The molecule has 0 aliphatic rings. The second kappa shape index (κ2) is 8.77. The highest BCUT2D eigenvalue weighted by Gasteiger charge is 2.24. The van der Waals surface area contributed by atoms with Crippen molar-refractivity contribution >= 4 is 22.6 Å². The van der Waals surface area contributed by atoms with Crippen LogP contribution < -0.4 is 14.8 Å². The van der Waals surface area contributed by atoms with Crippen molar-refractivity contribution in [1.29, 1.82) is 0 Å². The highest BCUT2D eigenvalue weighted by Crippen LogP contribution is 2.32. The fourth-order valence-corrected chi connectivity index (χ4v) is 3.27. The van der Waals surface area contributed by atoms with Gasteiger partial charge in [0.1, 0.15) is 17.1 Å². The number of rotatable bonds is 7. The maximum atomic E-state index is 15.0. The van der Waals surface area contributed by atoms with Crippen molar-refractivity contribution in [2.75, 3.05) is 13.7 Å². The topological polar surface area (TPSA) is 97.8 Å². The number of pyridine rings is 1. The number of ketones is 1. The van der Waals surface area contributed by atoms with Crippen molar-refractivity contribution in [2.45, 2.75) is 19.9 Å². The molecule has 1 heterocycles. The summed E-state index contributed by atoms with van der Waals surface area (Å²) >= 11 is 0. The number of methoxy groups -OCH3 is 1. The molecule has 1 aromatic heterocycles. The number of ether oxygens (including phenoxy) is 2. The van der Waals surface area contributed by atoms with Crippen LogP contribution in [0.5, 0.6) is 11.6 Å². The number of hydrogen-bond acceptors (Lipinski definition) is 5. The van der Waals surface area contributed by atoms with Gasteiger partial charge in [-0.25, -0.2) is 14.2 Å². The molecule has 1 atom stereocenters. The van der Waals surface area contributed by atoms with Gasteiger partial charge < -0.3 is 19.9 Å². The maximum Gasteiger partial charge on any atom is 0.405 e. The molecule has 156 valence electrons. The minimum Gasteiger partial charge on any atom is -0.496 e. The van der Waals surface area contributed by atoms with E-state index in [1.165, 1.54) is 19.4 Å². The van der Waals surface area contributed by atoms with E-state index in [4.69, 9.17) is 14.6 Å². The zero-order valence-electron chi connectivity index (χ0n) is 16.7. The van der Waals surface area contributed by atoms with Crippen LogP contribution in [0.3, 0.4) is 0 Å². The van der Waals surface area contributed by atoms with Gasteiger partial charge in [0.25, 0.3) is 0 Å². The van der Waals surface area contributed by atoms with Crippen LogP contribution in [0.1, 0.15) is 41.4 Å². The molecule has 3 aromatic rings. The molecular weight excluding hydrogens is 391 g/mol. The lowest BCUT2D eigenvalue weighted by atomic mass is 9.95. The van der Waals surface area contributed by atoms with Gasteiger partial charge in [0, 0.05) is 17.1 Å². The van der Waals surface area contributed by atoms with E-state index in [1.807, 2.05) is 6.92 Å². The highest BCUT2D eigenvalue weighted by molar-refractivity contribution is 6.18. The van der Waals surface area contributed by atoms with E-state index in [0.717, 1.165) is 6.07 Å². The van der Waals surface area contributed by atoms with Gasteiger partial charge in [-0.3, -0.25) is 4.79 Å². The Morgan fingerprint density at radius 2 is 2.00 bits per heavy atom. The van der Waals surface area contributed by atoms with Crippen LogP contribution in [-0.2, 0) is 0 Å². The first-order chi connectivity index (χ1) is 14.4. The van der Waals surface area contributed by atoms with Gasteiger partial charge in [-0.05, 0) is 49.1 Å². The Bertz CT molecular complexity index is 1120. The molecular formula is C22H21FN2O5. The van der Waals surface area contributed by atoms with Crippen molar-refractivity contribution in [3.8, 4) is 11.6 Å². The van der Waals surface area contributed by atoms with Crippen LogP contribution in [0, 0.1) is 5.82 Å². The summed E-state index contributed by atoms with van der Waals surface area (Å²) < 4.78 is 25.8. The Kier molecular flexibility index (Phi) is 6.15. The normalized spacial score (nSPS) is 11.7. The summed E-state index contributed by atoms with van der Waals surface area (Å²) in [4.78, 5) is 28.4. The summed E-state index contributed by atoms with van der Waals surface area (Å²) in [6.45, 7) is 3.81. The minimum absolute atomic E-state index is 0.0186. The highest BCUT2D eigenvalue weighted by atomic mass is 19.1. The molecule has 0 saturated heterocycles. The average molecular weight is 412 g/mol. The zero-order chi connectivity index (χ0) is 21.8. The number of carboxylic acid groups (broad SMARTS) is 1. The number of benzene rings is 2. The van der Waals surface area contributed by atoms with Crippen LogP contribution >= 0.6 is 0 Å². The van der Waals surface area contributed by atoms with Crippen LogP contribution in [0.15, 0.2) is 42.6 Å². The van der Waals surface area contributed by atoms with Crippen LogP contribution in [0.4, 0.5) is 9.18 Å². The largest absolute Gasteiger partial charge is 0.496 e. The number of halogens is 1. The van der Waals surface area contributed by atoms with E-state index in [1.54, 1.807) is 31.2 Å². The predicted octanol–water partition coefficient (Wildman–Crippen LogP) is 4.34. The standard InChI is InChI=1S/C22H21FN2O5/c1-4-30-21-16-7-5-6-15(14(16)8-9-24-21)20(26)19-17(23)10-13(11-18(19)29-3)12(2)25-22(27)28/h5-12,25H,4H2,1-3H3,(H,27,28)/t12-/m1/s1. The molecule has 0 spiro atoms. The van der Waals surface area contributed by atoms with Gasteiger partial charge in [-0.2, -0.15) is 0 Å². The first kappa shape index (κ1) is 21.0. The molecule has 30 heavy (non-hydrogen) atoms. The van der Waals surface area contributed by atoms with Crippen molar-refractivity contribution in [3.05, 3.63) is 65.1 Å². The number of hydrogen-bond donors (Lipinski definition) is 2. The fraction of sp³-hybridized carbons (Fsp3) is 0.227. The molecule has 7 nitrogen and oxygen atoms in total.